The molecule has 0 spiro atoms. The molecule has 0 aliphatic rings. The zero-order valence-electron chi connectivity index (χ0n) is 10.8. The summed E-state index contributed by atoms with van der Waals surface area (Å²) in [5.74, 6) is -0.200. The van der Waals surface area contributed by atoms with E-state index < -0.39 is 0 Å². The van der Waals surface area contributed by atoms with Gasteiger partial charge < -0.3 is 10.6 Å². The molecule has 2 aromatic rings. The van der Waals surface area contributed by atoms with Crippen molar-refractivity contribution in [2.75, 3.05) is 18.0 Å². The van der Waals surface area contributed by atoms with Gasteiger partial charge in [0, 0.05) is 25.5 Å². The average molecular weight is 259 g/mol. The van der Waals surface area contributed by atoms with Crippen LogP contribution in [0.2, 0.25) is 0 Å². The van der Waals surface area contributed by atoms with Gasteiger partial charge in [-0.05, 0) is 42.8 Å². The second-order valence-corrected chi connectivity index (χ2v) is 4.37. The molecule has 2 rings (SSSR count). The lowest BCUT2D eigenvalue weighted by Crippen LogP contribution is -2.26. The molecule has 1 aromatic heterocycles. The van der Waals surface area contributed by atoms with Gasteiger partial charge in [0.15, 0.2) is 0 Å². The highest BCUT2D eigenvalue weighted by atomic mass is 19.1. The number of aromatic nitrogens is 1. The third-order valence-electron chi connectivity index (χ3n) is 2.95. The highest BCUT2D eigenvalue weighted by Crippen LogP contribution is 2.21. The lowest BCUT2D eigenvalue weighted by molar-refractivity contribution is 0.612. The van der Waals surface area contributed by atoms with E-state index in [0.29, 0.717) is 18.8 Å². The lowest BCUT2D eigenvalue weighted by atomic mass is 10.2. The standard InChI is InChI=1S/C15H18FN3/c16-14-4-1-2-5-15(14)19(11-3-8-17)12-13-6-9-18-10-7-13/h1-2,4-7,9-10H,3,8,11-12,17H2. The van der Waals surface area contributed by atoms with Crippen molar-refractivity contribution in [3.63, 3.8) is 0 Å². The fourth-order valence-electron chi connectivity index (χ4n) is 1.98. The fraction of sp³-hybridized carbons (Fsp3) is 0.267. The Labute approximate surface area is 112 Å². The highest BCUT2D eigenvalue weighted by Gasteiger charge is 2.11. The van der Waals surface area contributed by atoms with Crippen molar-refractivity contribution in [2.45, 2.75) is 13.0 Å². The summed E-state index contributed by atoms with van der Waals surface area (Å²) in [5, 5.41) is 0. The fourth-order valence-corrected chi connectivity index (χ4v) is 1.98. The summed E-state index contributed by atoms with van der Waals surface area (Å²) in [5.41, 5.74) is 7.28. The minimum atomic E-state index is -0.200. The first-order valence-corrected chi connectivity index (χ1v) is 6.39. The summed E-state index contributed by atoms with van der Waals surface area (Å²) in [6, 6.07) is 10.7. The van der Waals surface area contributed by atoms with Crippen LogP contribution in [0.5, 0.6) is 0 Å². The number of nitrogens with two attached hydrogens (primary N) is 1. The maximum Gasteiger partial charge on any atom is 0.146 e. The van der Waals surface area contributed by atoms with Crippen LogP contribution in [0.25, 0.3) is 0 Å². The highest BCUT2D eigenvalue weighted by molar-refractivity contribution is 5.48. The van der Waals surface area contributed by atoms with Gasteiger partial charge in [-0.1, -0.05) is 12.1 Å². The van der Waals surface area contributed by atoms with Crippen LogP contribution in [0.4, 0.5) is 10.1 Å². The summed E-state index contributed by atoms with van der Waals surface area (Å²) in [6.45, 7) is 1.99. The number of halogens is 1. The van der Waals surface area contributed by atoms with Gasteiger partial charge in [-0.2, -0.15) is 0 Å². The molecule has 0 radical (unpaired) electrons. The maximum atomic E-state index is 13.9. The summed E-state index contributed by atoms with van der Waals surface area (Å²) < 4.78 is 13.9. The number of benzene rings is 1. The maximum absolute atomic E-state index is 13.9. The molecule has 1 heterocycles. The van der Waals surface area contributed by atoms with Crippen LogP contribution < -0.4 is 10.6 Å². The van der Waals surface area contributed by atoms with Crippen LogP contribution >= 0.6 is 0 Å². The smallest absolute Gasteiger partial charge is 0.146 e. The van der Waals surface area contributed by atoms with Gasteiger partial charge in [0.05, 0.1) is 5.69 Å². The summed E-state index contributed by atoms with van der Waals surface area (Å²) in [4.78, 5) is 6.00. The third kappa shape index (κ3) is 3.76. The Hall–Kier alpha value is -1.94. The zero-order valence-corrected chi connectivity index (χ0v) is 10.8. The van der Waals surface area contributed by atoms with Crippen molar-refractivity contribution in [2.24, 2.45) is 5.73 Å². The predicted octanol–water partition coefficient (Wildman–Crippen LogP) is 2.58. The van der Waals surface area contributed by atoms with Crippen LogP contribution in [0, 0.1) is 5.82 Å². The lowest BCUT2D eigenvalue weighted by Gasteiger charge is -2.25. The van der Waals surface area contributed by atoms with Gasteiger partial charge in [0.2, 0.25) is 0 Å². The first kappa shape index (κ1) is 13.5. The molecule has 0 unspecified atom stereocenters. The monoisotopic (exact) mass is 259 g/mol. The Morgan fingerprint density at radius 1 is 1.11 bits per heavy atom. The Balaban J connectivity index is 2.19. The number of hydrogen-bond acceptors (Lipinski definition) is 3. The van der Waals surface area contributed by atoms with E-state index in [1.54, 1.807) is 24.5 Å². The van der Waals surface area contributed by atoms with Gasteiger partial charge in [-0.3, -0.25) is 4.98 Å². The van der Waals surface area contributed by atoms with Crippen molar-refractivity contribution < 1.29 is 4.39 Å². The SMILES string of the molecule is NCCCN(Cc1ccncc1)c1ccccc1F. The largest absolute Gasteiger partial charge is 0.365 e. The van der Waals surface area contributed by atoms with Crippen molar-refractivity contribution in [1.29, 1.82) is 0 Å². The van der Waals surface area contributed by atoms with Crippen LogP contribution in [-0.4, -0.2) is 18.1 Å². The minimum Gasteiger partial charge on any atom is -0.365 e. The topological polar surface area (TPSA) is 42.1 Å². The van der Waals surface area contributed by atoms with Crippen LogP contribution in [0.1, 0.15) is 12.0 Å². The van der Waals surface area contributed by atoms with Gasteiger partial charge in [-0.25, -0.2) is 4.39 Å². The Bertz CT molecular complexity index is 502. The number of anilines is 1. The average Bonchev–Trinajstić information content (AvgIpc) is 2.45. The second-order valence-electron chi connectivity index (χ2n) is 4.37. The van der Waals surface area contributed by atoms with Gasteiger partial charge in [-0.15, -0.1) is 0 Å². The van der Waals surface area contributed by atoms with E-state index in [1.807, 2.05) is 23.1 Å². The molecule has 0 saturated carbocycles. The van der Waals surface area contributed by atoms with Crippen LogP contribution in [0.3, 0.4) is 0 Å². The second kappa shape index (κ2) is 6.85. The summed E-state index contributed by atoms with van der Waals surface area (Å²) in [6.07, 6.45) is 4.33. The normalized spacial score (nSPS) is 10.4. The van der Waals surface area contributed by atoms with Crippen molar-refractivity contribution in [3.05, 3.63) is 60.2 Å². The van der Waals surface area contributed by atoms with Crippen molar-refractivity contribution >= 4 is 5.69 Å². The number of para-hydroxylation sites is 1. The third-order valence-corrected chi connectivity index (χ3v) is 2.95. The molecule has 4 heteroatoms. The van der Waals surface area contributed by atoms with E-state index in [2.05, 4.69) is 4.98 Å². The number of rotatable bonds is 6. The molecule has 0 saturated heterocycles. The van der Waals surface area contributed by atoms with Crippen molar-refractivity contribution in [1.82, 2.24) is 4.98 Å². The van der Waals surface area contributed by atoms with Gasteiger partial charge in [0.1, 0.15) is 5.82 Å². The Kier molecular flexibility index (Phi) is 4.86. The minimum absolute atomic E-state index is 0.200. The molecule has 0 amide bonds. The Morgan fingerprint density at radius 2 is 1.84 bits per heavy atom. The number of hydrogen-bond donors (Lipinski definition) is 1. The molecule has 2 N–H and O–H groups in total. The van der Waals surface area contributed by atoms with Gasteiger partial charge >= 0.3 is 0 Å². The van der Waals surface area contributed by atoms with E-state index in [1.165, 1.54) is 6.07 Å². The van der Waals surface area contributed by atoms with Crippen LogP contribution in [0.15, 0.2) is 48.8 Å². The quantitative estimate of drug-likeness (QED) is 0.867. The molecule has 0 aliphatic carbocycles. The number of pyridine rings is 1. The molecule has 3 nitrogen and oxygen atoms in total. The molecule has 0 bridgehead atoms. The van der Waals surface area contributed by atoms with E-state index in [9.17, 15) is 4.39 Å². The first-order valence-electron chi connectivity index (χ1n) is 6.39. The summed E-state index contributed by atoms with van der Waals surface area (Å²) in [7, 11) is 0. The van der Waals surface area contributed by atoms with Crippen LogP contribution in [-0.2, 0) is 6.54 Å². The molecule has 0 fully saturated rings. The molecule has 100 valence electrons. The van der Waals surface area contributed by atoms with Crippen molar-refractivity contribution in [3.8, 4) is 0 Å². The first-order chi connectivity index (χ1) is 9.31. The summed E-state index contributed by atoms with van der Waals surface area (Å²) >= 11 is 0. The Morgan fingerprint density at radius 3 is 2.53 bits per heavy atom. The molecule has 0 atom stereocenters. The predicted molar refractivity (Wildman–Crippen MR) is 75.4 cm³/mol. The number of nitrogens with zero attached hydrogens (tertiary/aromatic N) is 2. The molecular formula is C15H18FN3. The zero-order chi connectivity index (χ0) is 13.5. The molecule has 1 aromatic carbocycles. The van der Waals surface area contributed by atoms with E-state index in [4.69, 9.17) is 5.73 Å². The molecule has 0 aliphatic heterocycles. The van der Waals surface area contributed by atoms with E-state index in [0.717, 1.165) is 18.5 Å². The van der Waals surface area contributed by atoms with Gasteiger partial charge in [0.25, 0.3) is 0 Å². The van der Waals surface area contributed by atoms with E-state index in [-0.39, 0.29) is 5.82 Å². The molecular weight excluding hydrogens is 241 g/mol. The molecule has 19 heavy (non-hydrogen) atoms. The van der Waals surface area contributed by atoms with E-state index >= 15 is 0 Å².